The number of anilines is 4. The zero-order chi connectivity index (χ0) is 22.5. The highest BCUT2D eigenvalue weighted by atomic mass is 14.9. The Morgan fingerprint density at radius 3 is 1.64 bits per heavy atom. The standard InChI is InChI=1S/C31H26N2/c1-23-10-8-9-15-29(23)30-22-25(18-21-31(30)33-27-13-6-3-7-14-27)24-16-19-28(20-17-24)32-26-11-4-2-5-12-26/h2-22,32-33H,1H3. The van der Waals surface area contributed by atoms with Crippen molar-refractivity contribution in [1.29, 1.82) is 0 Å². The van der Waals surface area contributed by atoms with Gasteiger partial charge in [-0.25, -0.2) is 0 Å². The molecule has 5 aromatic carbocycles. The summed E-state index contributed by atoms with van der Waals surface area (Å²) in [5.41, 5.74) is 10.4. The quantitative estimate of drug-likeness (QED) is 0.283. The van der Waals surface area contributed by atoms with E-state index in [9.17, 15) is 0 Å². The third-order valence-electron chi connectivity index (χ3n) is 5.79. The van der Waals surface area contributed by atoms with E-state index >= 15 is 0 Å². The fourth-order valence-corrected chi connectivity index (χ4v) is 4.04. The molecule has 0 aromatic heterocycles. The molecule has 33 heavy (non-hydrogen) atoms. The number of rotatable bonds is 6. The summed E-state index contributed by atoms with van der Waals surface area (Å²) in [7, 11) is 0. The van der Waals surface area contributed by atoms with Crippen LogP contribution in [0.2, 0.25) is 0 Å². The molecule has 0 spiro atoms. The largest absolute Gasteiger partial charge is 0.356 e. The van der Waals surface area contributed by atoms with Crippen LogP contribution in [0.5, 0.6) is 0 Å². The van der Waals surface area contributed by atoms with Crippen LogP contribution in [0.3, 0.4) is 0 Å². The molecule has 0 amide bonds. The highest BCUT2D eigenvalue weighted by Gasteiger charge is 2.10. The third-order valence-corrected chi connectivity index (χ3v) is 5.79. The number of aryl methyl sites for hydroxylation is 1. The van der Waals surface area contributed by atoms with E-state index in [1.165, 1.54) is 27.8 Å². The zero-order valence-corrected chi connectivity index (χ0v) is 18.6. The maximum atomic E-state index is 3.60. The minimum atomic E-state index is 1.08. The first kappa shape index (κ1) is 20.6. The molecule has 0 atom stereocenters. The Labute approximate surface area is 195 Å². The van der Waals surface area contributed by atoms with Crippen LogP contribution in [-0.4, -0.2) is 0 Å². The molecule has 160 valence electrons. The molecule has 0 fully saturated rings. The Morgan fingerprint density at radius 2 is 0.970 bits per heavy atom. The molecule has 0 unspecified atom stereocenters. The molecule has 0 heterocycles. The van der Waals surface area contributed by atoms with Gasteiger partial charge in [0.15, 0.2) is 0 Å². The van der Waals surface area contributed by atoms with Gasteiger partial charge >= 0.3 is 0 Å². The van der Waals surface area contributed by atoms with Gasteiger partial charge in [-0.2, -0.15) is 0 Å². The monoisotopic (exact) mass is 426 g/mol. The van der Waals surface area contributed by atoms with E-state index in [2.05, 4.69) is 121 Å². The van der Waals surface area contributed by atoms with Gasteiger partial charge in [0.05, 0.1) is 0 Å². The lowest BCUT2D eigenvalue weighted by Gasteiger charge is -2.16. The van der Waals surface area contributed by atoms with Crippen LogP contribution in [0.15, 0.2) is 127 Å². The van der Waals surface area contributed by atoms with Crippen molar-refractivity contribution in [3.8, 4) is 22.3 Å². The summed E-state index contributed by atoms with van der Waals surface area (Å²) >= 11 is 0. The minimum Gasteiger partial charge on any atom is -0.356 e. The van der Waals surface area contributed by atoms with Crippen molar-refractivity contribution in [2.24, 2.45) is 0 Å². The smallest absolute Gasteiger partial charge is 0.0464 e. The average molecular weight is 427 g/mol. The van der Waals surface area contributed by atoms with Gasteiger partial charge in [-0.15, -0.1) is 0 Å². The van der Waals surface area contributed by atoms with Crippen molar-refractivity contribution in [2.75, 3.05) is 10.6 Å². The van der Waals surface area contributed by atoms with Gasteiger partial charge in [0.2, 0.25) is 0 Å². The van der Waals surface area contributed by atoms with Crippen molar-refractivity contribution in [2.45, 2.75) is 6.92 Å². The summed E-state index contributed by atoms with van der Waals surface area (Å²) < 4.78 is 0. The number of hydrogen-bond donors (Lipinski definition) is 2. The highest BCUT2D eigenvalue weighted by Crippen LogP contribution is 2.36. The van der Waals surface area contributed by atoms with Gasteiger partial charge in [0.1, 0.15) is 0 Å². The first-order valence-corrected chi connectivity index (χ1v) is 11.2. The van der Waals surface area contributed by atoms with Gasteiger partial charge in [-0.3, -0.25) is 0 Å². The molecule has 2 heteroatoms. The summed E-state index contributed by atoms with van der Waals surface area (Å²) in [5, 5.41) is 7.06. The van der Waals surface area contributed by atoms with E-state index in [4.69, 9.17) is 0 Å². The molecule has 0 radical (unpaired) electrons. The van der Waals surface area contributed by atoms with Crippen LogP contribution in [0.1, 0.15) is 5.56 Å². The fourth-order valence-electron chi connectivity index (χ4n) is 4.04. The molecule has 2 N–H and O–H groups in total. The number of benzene rings is 5. The molecule has 0 saturated heterocycles. The first-order valence-electron chi connectivity index (χ1n) is 11.2. The Morgan fingerprint density at radius 1 is 0.424 bits per heavy atom. The molecule has 0 aliphatic carbocycles. The summed E-state index contributed by atoms with van der Waals surface area (Å²) in [5.74, 6) is 0. The van der Waals surface area contributed by atoms with Gasteiger partial charge in [-0.05, 0) is 77.7 Å². The zero-order valence-electron chi connectivity index (χ0n) is 18.6. The molecule has 0 saturated carbocycles. The van der Waals surface area contributed by atoms with Crippen LogP contribution < -0.4 is 10.6 Å². The SMILES string of the molecule is Cc1ccccc1-c1cc(-c2ccc(Nc3ccccc3)cc2)ccc1Nc1ccccc1. The lowest BCUT2D eigenvalue weighted by molar-refractivity contribution is 1.45. The van der Waals surface area contributed by atoms with Gasteiger partial charge in [0, 0.05) is 28.3 Å². The average Bonchev–Trinajstić information content (AvgIpc) is 2.87. The summed E-state index contributed by atoms with van der Waals surface area (Å²) in [6.07, 6.45) is 0. The number of para-hydroxylation sites is 2. The van der Waals surface area contributed by atoms with E-state index in [1.807, 2.05) is 24.3 Å². The summed E-state index contributed by atoms with van der Waals surface area (Å²) in [4.78, 5) is 0. The molecule has 0 aliphatic heterocycles. The van der Waals surface area contributed by atoms with Crippen LogP contribution >= 0.6 is 0 Å². The fraction of sp³-hybridized carbons (Fsp3) is 0.0323. The Balaban J connectivity index is 1.49. The molecule has 0 aliphatic rings. The van der Waals surface area contributed by atoms with Crippen LogP contribution in [0.25, 0.3) is 22.3 Å². The molecule has 5 rings (SSSR count). The van der Waals surface area contributed by atoms with Gasteiger partial charge < -0.3 is 10.6 Å². The topological polar surface area (TPSA) is 24.1 Å². The lowest BCUT2D eigenvalue weighted by atomic mass is 9.94. The molecule has 5 aromatic rings. The summed E-state index contributed by atoms with van der Waals surface area (Å²) in [6.45, 7) is 2.17. The maximum Gasteiger partial charge on any atom is 0.0464 e. The maximum absolute atomic E-state index is 3.60. The minimum absolute atomic E-state index is 1.08. The van der Waals surface area contributed by atoms with E-state index in [-0.39, 0.29) is 0 Å². The Kier molecular flexibility index (Phi) is 5.90. The second kappa shape index (κ2) is 9.46. The number of hydrogen-bond acceptors (Lipinski definition) is 2. The van der Waals surface area contributed by atoms with Crippen LogP contribution in [-0.2, 0) is 0 Å². The molecule has 2 nitrogen and oxygen atoms in total. The van der Waals surface area contributed by atoms with E-state index in [0.717, 1.165) is 22.7 Å². The van der Waals surface area contributed by atoms with Crippen molar-refractivity contribution < 1.29 is 0 Å². The van der Waals surface area contributed by atoms with Crippen LogP contribution in [0, 0.1) is 6.92 Å². The van der Waals surface area contributed by atoms with E-state index < -0.39 is 0 Å². The third kappa shape index (κ3) is 4.81. The molecular formula is C31H26N2. The van der Waals surface area contributed by atoms with Crippen molar-refractivity contribution >= 4 is 22.7 Å². The Hall–Kier alpha value is -4.30. The second-order valence-electron chi connectivity index (χ2n) is 8.13. The predicted molar refractivity (Wildman–Crippen MR) is 142 cm³/mol. The first-order chi connectivity index (χ1) is 16.3. The van der Waals surface area contributed by atoms with Crippen LogP contribution in [0.4, 0.5) is 22.7 Å². The van der Waals surface area contributed by atoms with Crippen molar-refractivity contribution in [1.82, 2.24) is 0 Å². The second-order valence-corrected chi connectivity index (χ2v) is 8.13. The van der Waals surface area contributed by atoms with Crippen molar-refractivity contribution in [3.63, 3.8) is 0 Å². The predicted octanol–water partition coefficient (Wildman–Crippen LogP) is 8.82. The van der Waals surface area contributed by atoms with Gasteiger partial charge in [0.25, 0.3) is 0 Å². The number of nitrogens with one attached hydrogen (secondary N) is 2. The molecule has 0 bridgehead atoms. The van der Waals surface area contributed by atoms with Crippen molar-refractivity contribution in [3.05, 3.63) is 133 Å². The highest BCUT2D eigenvalue weighted by molar-refractivity contribution is 5.86. The normalized spacial score (nSPS) is 10.6. The van der Waals surface area contributed by atoms with E-state index in [1.54, 1.807) is 0 Å². The van der Waals surface area contributed by atoms with Gasteiger partial charge in [-0.1, -0.05) is 78.9 Å². The Bertz CT molecular complexity index is 1340. The molecular weight excluding hydrogens is 400 g/mol. The van der Waals surface area contributed by atoms with E-state index in [0.29, 0.717) is 0 Å². The lowest BCUT2D eigenvalue weighted by Crippen LogP contribution is -1.95. The summed E-state index contributed by atoms with van der Waals surface area (Å²) in [6, 6.07) is 44.4.